The lowest BCUT2D eigenvalue weighted by molar-refractivity contribution is 0.112. The summed E-state index contributed by atoms with van der Waals surface area (Å²) in [5.41, 5.74) is 1.72. The quantitative estimate of drug-likeness (QED) is 0.796. The van der Waals surface area contributed by atoms with Crippen molar-refractivity contribution < 1.29 is 9.18 Å². The number of aldehydes is 1. The van der Waals surface area contributed by atoms with Crippen LogP contribution in [0.3, 0.4) is 0 Å². The number of halogens is 1. The van der Waals surface area contributed by atoms with Gasteiger partial charge in [-0.3, -0.25) is 4.79 Å². The Kier molecular flexibility index (Phi) is 3.72. The summed E-state index contributed by atoms with van der Waals surface area (Å²) in [4.78, 5) is 16.7. The van der Waals surface area contributed by atoms with Gasteiger partial charge in [0.25, 0.3) is 0 Å². The summed E-state index contributed by atoms with van der Waals surface area (Å²) in [5.74, 6) is -0.394. The number of hydrogen-bond donors (Lipinski definition) is 0. The standard InChI is InChI=1S/C13H13FN2OS/c1-9-15-11(8-18-9)6-16(2)13-4-3-10(7-17)5-12(13)14/h3-5,7-8H,6H2,1-2H3. The third-order valence-corrected chi connectivity index (χ3v) is 3.41. The van der Waals surface area contributed by atoms with Gasteiger partial charge in [-0.1, -0.05) is 0 Å². The fourth-order valence-electron chi connectivity index (χ4n) is 1.72. The number of anilines is 1. The van der Waals surface area contributed by atoms with E-state index in [-0.39, 0.29) is 0 Å². The zero-order valence-electron chi connectivity index (χ0n) is 10.2. The van der Waals surface area contributed by atoms with Crippen molar-refractivity contribution >= 4 is 23.3 Å². The van der Waals surface area contributed by atoms with Crippen LogP contribution < -0.4 is 4.90 Å². The summed E-state index contributed by atoms with van der Waals surface area (Å²) >= 11 is 1.57. The van der Waals surface area contributed by atoms with Crippen molar-refractivity contribution in [3.05, 3.63) is 45.7 Å². The molecule has 0 saturated carbocycles. The highest BCUT2D eigenvalue weighted by molar-refractivity contribution is 7.09. The van der Waals surface area contributed by atoms with E-state index in [4.69, 9.17) is 0 Å². The lowest BCUT2D eigenvalue weighted by atomic mass is 10.2. The molecular weight excluding hydrogens is 251 g/mol. The molecule has 0 amide bonds. The minimum Gasteiger partial charge on any atom is -0.366 e. The number of nitrogens with zero attached hydrogens (tertiary/aromatic N) is 2. The Bertz CT molecular complexity index is 568. The zero-order chi connectivity index (χ0) is 13.1. The van der Waals surface area contributed by atoms with Gasteiger partial charge < -0.3 is 4.90 Å². The van der Waals surface area contributed by atoms with E-state index in [1.54, 1.807) is 35.4 Å². The van der Waals surface area contributed by atoms with E-state index in [0.29, 0.717) is 24.1 Å². The molecule has 0 saturated heterocycles. The van der Waals surface area contributed by atoms with Gasteiger partial charge in [0, 0.05) is 18.0 Å². The van der Waals surface area contributed by atoms with Crippen molar-refractivity contribution in [3.63, 3.8) is 0 Å². The second-order valence-corrected chi connectivity index (χ2v) is 5.10. The van der Waals surface area contributed by atoms with Gasteiger partial charge in [-0.25, -0.2) is 9.37 Å². The van der Waals surface area contributed by atoms with Crippen molar-refractivity contribution in [1.29, 1.82) is 0 Å². The monoisotopic (exact) mass is 264 g/mol. The number of rotatable bonds is 4. The molecule has 0 aliphatic rings. The largest absolute Gasteiger partial charge is 0.366 e. The molecule has 0 N–H and O–H groups in total. The lowest BCUT2D eigenvalue weighted by Crippen LogP contribution is -2.18. The number of carbonyl (C=O) groups is 1. The van der Waals surface area contributed by atoms with E-state index in [1.807, 2.05) is 12.3 Å². The molecule has 0 radical (unpaired) electrons. The van der Waals surface area contributed by atoms with Crippen molar-refractivity contribution in [3.8, 4) is 0 Å². The summed E-state index contributed by atoms with van der Waals surface area (Å²) in [7, 11) is 1.80. The van der Waals surface area contributed by atoms with Gasteiger partial charge in [-0.15, -0.1) is 11.3 Å². The second-order valence-electron chi connectivity index (χ2n) is 4.04. The molecule has 94 valence electrons. The molecule has 0 spiro atoms. The first-order valence-corrected chi connectivity index (χ1v) is 6.35. The highest BCUT2D eigenvalue weighted by Gasteiger charge is 2.10. The third-order valence-electron chi connectivity index (χ3n) is 2.58. The van der Waals surface area contributed by atoms with E-state index >= 15 is 0 Å². The van der Waals surface area contributed by atoms with Crippen LogP contribution in [0.5, 0.6) is 0 Å². The van der Waals surface area contributed by atoms with Crippen molar-refractivity contribution in [2.45, 2.75) is 13.5 Å². The predicted octanol–water partition coefficient (Wildman–Crippen LogP) is 3.04. The van der Waals surface area contributed by atoms with E-state index in [2.05, 4.69) is 4.98 Å². The topological polar surface area (TPSA) is 33.2 Å². The first kappa shape index (κ1) is 12.7. The van der Waals surface area contributed by atoms with Gasteiger partial charge >= 0.3 is 0 Å². The molecule has 1 aromatic heterocycles. The van der Waals surface area contributed by atoms with Crippen LogP contribution in [-0.2, 0) is 6.54 Å². The van der Waals surface area contributed by atoms with Crippen LogP contribution >= 0.6 is 11.3 Å². The smallest absolute Gasteiger partial charge is 0.150 e. The van der Waals surface area contributed by atoms with E-state index in [0.717, 1.165) is 10.7 Å². The molecule has 0 atom stereocenters. The van der Waals surface area contributed by atoms with Crippen LogP contribution in [0, 0.1) is 12.7 Å². The van der Waals surface area contributed by atoms with Crippen molar-refractivity contribution in [2.24, 2.45) is 0 Å². The molecule has 3 nitrogen and oxygen atoms in total. The van der Waals surface area contributed by atoms with E-state index in [1.165, 1.54) is 6.07 Å². The SMILES string of the molecule is Cc1nc(CN(C)c2ccc(C=O)cc2F)cs1. The number of aromatic nitrogens is 1. The number of carbonyl (C=O) groups excluding carboxylic acids is 1. The molecule has 0 aliphatic carbocycles. The van der Waals surface area contributed by atoms with Gasteiger partial charge in [0.05, 0.1) is 22.9 Å². The molecule has 18 heavy (non-hydrogen) atoms. The number of benzene rings is 1. The maximum atomic E-state index is 13.8. The first-order valence-electron chi connectivity index (χ1n) is 5.47. The first-order chi connectivity index (χ1) is 8.60. The molecule has 0 fully saturated rings. The number of aryl methyl sites for hydroxylation is 1. The number of hydrogen-bond acceptors (Lipinski definition) is 4. The maximum Gasteiger partial charge on any atom is 0.150 e. The van der Waals surface area contributed by atoms with Gasteiger partial charge in [-0.05, 0) is 25.1 Å². The minimum absolute atomic E-state index is 0.342. The fourth-order valence-corrected chi connectivity index (χ4v) is 2.32. The molecular formula is C13H13FN2OS. The molecule has 2 rings (SSSR count). The molecule has 0 aliphatic heterocycles. The minimum atomic E-state index is -0.394. The summed E-state index contributed by atoms with van der Waals surface area (Å²) in [6, 6.07) is 4.46. The van der Waals surface area contributed by atoms with Crippen LogP contribution in [0.15, 0.2) is 23.6 Å². The zero-order valence-corrected chi connectivity index (χ0v) is 11.0. The molecule has 0 unspecified atom stereocenters. The summed E-state index contributed by atoms with van der Waals surface area (Å²) in [6.45, 7) is 2.48. The normalized spacial score (nSPS) is 10.4. The second kappa shape index (κ2) is 5.27. The van der Waals surface area contributed by atoms with E-state index < -0.39 is 5.82 Å². The van der Waals surface area contributed by atoms with Gasteiger partial charge in [0.1, 0.15) is 12.1 Å². The maximum absolute atomic E-state index is 13.8. The van der Waals surface area contributed by atoms with Crippen molar-refractivity contribution in [1.82, 2.24) is 4.98 Å². The van der Waals surface area contributed by atoms with Crippen LogP contribution in [0.25, 0.3) is 0 Å². The summed E-state index contributed by atoms with van der Waals surface area (Å²) in [6.07, 6.45) is 0.636. The average molecular weight is 264 g/mol. The fraction of sp³-hybridized carbons (Fsp3) is 0.231. The summed E-state index contributed by atoms with van der Waals surface area (Å²) in [5, 5.41) is 2.96. The van der Waals surface area contributed by atoms with Crippen LogP contribution in [0.1, 0.15) is 21.1 Å². The van der Waals surface area contributed by atoms with Crippen molar-refractivity contribution in [2.75, 3.05) is 11.9 Å². The Morgan fingerprint density at radius 2 is 2.28 bits per heavy atom. The highest BCUT2D eigenvalue weighted by Crippen LogP contribution is 2.21. The molecule has 1 heterocycles. The lowest BCUT2D eigenvalue weighted by Gasteiger charge is -2.18. The van der Waals surface area contributed by atoms with Crippen LogP contribution in [0.2, 0.25) is 0 Å². The molecule has 1 aromatic carbocycles. The molecule has 5 heteroatoms. The molecule has 2 aromatic rings. The Morgan fingerprint density at radius 3 is 2.83 bits per heavy atom. The van der Waals surface area contributed by atoms with Gasteiger partial charge in [-0.2, -0.15) is 0 Å². The van der Waals surface area contributed by atoms with Crippen LogP contribution in [0.4, 0.5) is 10.1 Å². The Morgan fingerprint density at radius 1 is 1.50 bits per heavy atom. The van der Waals surface area contributed by atoms with Crippen LogP contribution in [-0.4, -0.2) is 18.3 Å². The Labute approximate surface area is 109 Å². The summed E-state index contributed by atoms with van der Waals surface area (Å²) < 4.78 is 13.8. The highest BCUT2D eigenvalue weighted by atomic mass is 32.1. The number of thiazole rings is 1. The third kappa shape index (κ3) is 2.73. The Hall–Kier alpha value is -1.75. The Balaban J connectivity index is 2.18. The van der Waals surface area contributed by atoms with Gasteiger partial charge in [0.15, 0.2) is 0 Å². The predicted molar refractivity (Wildman–Crippen MR) is 70.7 cm³/mol. The molecule has 0 bridgehead atoms. The average Bonchev–Trinajstić information content (AvgIpc) is 2.74. The van der Waals surface area contributed by atoms with Gasteiger partial charge in [0.2, 0.25) is 0 Å². The van der Waals surface area contributed by atoms with E-state index in [9.17, 15) is 9.18 Å².